The molecule has 1 aromatic rings. The first-order chi connectivity index (χ1) is 8.77. The lowest BCUT2D eigenvalue weighted by Gasteiger charge is -2.23. The Hall–Kier alpha value is -1.35. The smallest absolute Gasteiger partial charge is 0.222 e. The highest BCUT2D eigenvalue weighted by molar-refractivity contribution is 5.76. The van der Waals surface area contributed by atoms with E-state index < -0.39 is 0 Å². The molecular formula is C15H22N2O. The summed E-state index contributed by atoms with van der Waals surface area (Å²) in [7, 11) is 1.93. The van der Waals surface area contributed by atoms with E-state index >= 15 is 0 Å². The molecule has 0 aliphatic carbocycles. The van der Waals surface area contributed by atoms with Gasteiger partial charge in [-0.1, -0.05) is 30.3 Å². The van der Waals surface area contributed by atoms with E-state index in [1.165, 1.54) is 5.56 Å². The Morgan fingerprint density at radius 2 is 2.17 bits per heavy atom. The first-order valence-corrected chi connectivity index (χ1v) is 6.77. The highest BCUT2D eigenvalue weighted by Crippen LogP contribution is 2.10. The Labute approximate surface area is 109 Å². The lowest BCUT2D eigenvalue weighted by atomic mass is 10.1. The van der Waals surface area contributed by atoms with Crippen LogP contribution in [0.3, 0.4) is 0 Å². The van der Waals surface area contributed by atoms with Gasteiger partial charge in [-0.15, -0.1) is 0 Å². The largest absolute Gasteiger partial charge is 0.341 e. The Morgan fingerprint density at radius 3 is 2.83 bits per heavy atom. The minimum atomic E-state index is 0.277. The van der Waals surface area contributed by atoms with Gasteiger partial charge < -0.3 is 10.2 Å². The number of benzene rings is 1. The van der Waals surface area contributed by atoms with Crippen molar-refractivity contribution in [3.8, 4) is 0 Å². The second-order valence-electron chi connectivity index (χ2n) is 4.99. The van der Waals surface area contributed by atoms with E-state index in [9.17, 15) is 4.79 Å². The van der Waals surface area contributed by atoms with Gasteiger partial charge in [-0.25, -0.2) is 0 Å². The maximum atomic E-state index is 12.0. The van der Waals surface area contributed by atoms with Gasteiger partial charge in [-0.05, 0) is 31.4 Å². The summed E-state index contributed by atoms with van der Waals surface area (Å²) in [6.45, 7) is 1.98. The van der Waals surface area contributed by atoms with E-state index in [4.69, 9.17) is 0 Å². The van der Waals surface area contributed by atoms with E-state index in [0.717, 1.165) is 32.4 Å². The molecule has 18 heavy (non-hydrogen) atoms. The summed E-state index contributed by atoms with van der Waals surface area (Å²) in [4.78, 5) is 13.9. The van der Waals surface area contributed by atoms with E-state index in [1.807, 2.05) is 30.1 Å². The van der Waals surface area contributed by atoms with Gasteiger partial charge in [0.25, 0.3) is 0 Å². The maximum Gasteiger partial charge on any atom is 0.222 e. The minimum Gasteiger partial charge on any atom is -0.341 e. The van der Waals surface area contributed by atoms with Gasteiger partial charge in [0.2, 0.25) is 5.91 Å². The van der Waals surface area contributed by atoms with Gasteiger partial charge in [0.05, 0.1) is 0 Å². The van der Waals surface area contributed by atoms with Crippen LogP contribution in [0.1, 0.15) is 24.8 Å². The number of aryl methyl sites for hydroxylation is 1. The summed E-state index contributed by atoms with van der Waals surface area (Å²) in [6, 6.07) is 10.8. The second kappa shape index (κ2) is 6.55. The zero-order chi connectivity index (χ0) is 12.8. The third-order valence-electron chi connectivity index (χ3n) is 3.67. The number of carbonyl (C=O) groups is 1. The average molecular weight is 246 g/mol. The van der Waals surface area contributed by atoms with E-state index in [2.05, 4.69) is 17.4 Å². The summed E-state index contributed by atoms with van der Waals surface area (Å²) in [5.41, 5.74) is 1.32. The first kappa shape index (κ1) is 13.1. The Morgan fingerprint density at radius 1 is 1.39 bits per heavy atom. The van der Waals surface area contributed by atoms with Crippen LogP contribution in [0.15, 0.2) is 30.3 Å². The molecule has 0 aromatic heterocycles. The van der Waals surface area contributed by atoms with Gasteiger partial charge in [0, 0.05) is 26.1 Å². The predicted octanol–water partition coefficient (Wildman–Crippen LogP) is 1.83. The fourth-order valence-electron chi connectivity index (χ4n) is 2.44. The number of amides is 1. The summed E-state index contributed by atoms with van der Waals surface area (Å²) < 4.78 is 0. The Balaban J connectivity index is 1.71. The molecule has 1 aliphatic heterocycles. The molecule has 0 bridgehead atoms. The molecule has 98 valence electrons. The van der Waals surface area contributed by atoms with Crippen molar-refractivity contribution in [1.82, 2.24) is 10.2 Å². The quantitative estimate of drug-likeness (QED) is 0.859. The molecule has 1 saturated heterocycles. The lowest BCUT2D eigenvalue weighted by molar-refractivity contribution is -0.131. The normalized spacial score (nSPS) is 18.8. The lowest BCUT2D eigenvalue weighted by Crippen LogP contribution is -2.38. The molecule has 3 nitrogen and oxygen atoms in total. The molecule has 0 saturated carbocycles. The van der Waals surface area contributed by atoms with Crippen LogP contribution in [-0.4, -0.2) is 37.0 Å². The molecule has 1 heterocycles. The molecule has 1 atom stereocenters. The van der Waals surface area contributed by atoms with Crippen LogP contribution in [0, 0.1) is 0 Å². The van der Waals surface area contributed by atoms with Crippen LogP contribution in [0.5, 0.6) is 0 Å². The Bertz CT molecular complexity index is 371. The van der Waals surface area contributed by atoms with Gasteiger partial charge in [-0.3, -0.25) is 4.79 Å². The van der Waals surface area contributed by atoms with Gasteiger partial charge >= 0.3 is 0 Å². The zero-order valence-corrected chi connectivity index (χ0v) is 11.1. The van der Waals surface area contributed by atoms with Crippen LogP contribution in [0.4, 0.5) is 0 Å². The van der Waals surface area contributed by atoms with Crippen molar-refractivity contribution in [1.29, 1.82) is 0 Å². The molecule has 0 spiro atoms. The van der Waals surface area contributed by atoms with Crippen molar-refractivity contribution in [3.63, 3.8) is 0 Å². The topological polar surface area (TPSA) is 32.3 Å². The molecule has 1 fully saturated rings. The van der Waals surface area contributed by atoms with Crippen LogP contribution < -0.4 is 5.32 Å². The number of hydrogen-bond acceptors (Lipinski definition) is 2. The first-order valence-electron chi connectivity index (χ1n) is 6.77. The van der Waals surface area contributed by atoms with Crippen molar-refractivity contribution in [2.45, 2.75) is 31.7 Å². The molecule has 1 N–H and O–H groups in total. The molecule has 3 heteroatoms. The molecule has 1 amide bonds. The van der Waals surface area contributed by atoms with Crippen molar-refractivity contribution in [2.75, 3.05) is 20.1 Å². The van der Waals surface area contributed by atoms with Crippen molar-refractivity contribution >= 4 is 5.91 Å². The molecule has 0 radical (unpaired) electrons. The maximum absolute atomic E-state index is 12.0. The fraction of sp³-hybridized carbons (Fsp3) is 0.533. The number of rotatable bonds is 5. The Kier molecular flexibility index (Phi) is 4.76. The van der Waals surface area contributed by atoms with Crippen molar-refractivity contribution < 1.29 is 4.79 Å². The molecule has 2 rings (SSSR count). The minimum absolute atomic E-state index is 0.277. The summed E-state index contributed by atoms with van der Waals surface area (Å²) in [6.07, 6.45) is 3.67. The SMILES string of the molecule is CN(C(=O)CCCc1ccccc1)C1CCNC1. The summed E-state index contributed by atoms with van der Waals surface area (Å²) >= 11 is 0. The number of nitrogens with one attached hydrogen (secondary N) is 1. The summed E-state index contributed by atoms with van der Waals surface area (Å²) in [5, 5.41) is 3.30. The molecule has 1 aliphatic rings. The van der Waals surface area contributed by atoms with Crippen LogP contribution in [0.25, 0.3) is 0 Å². The molecular weight excluding hydrogens is 224 g/mol. The van der Waals surface area contributed by atoms with Crippen LogP contribution in [0.2, 0.25) is 0 Å². The average Bonchev–Trinajstić information content (AvgIpc) is 2.93. The predicted molar refractivity (Wildman–Crippen MR) is 73.4 cm³/mol. The van der Waals surface area contributed by atoms with Gasteiger partial charge in [0.15, 0.2) is 0 Å². The highest BCUT2D eigenvalue weighted by atomic mass is 16.2. The highest BCUT2D eigenvalue weighted by Gasteiger charge is 2.22. The van der Waals surface area contributed by atoms with Crippen LogP contribution >= 0.6 is 0 Å². The van der Waals surface area contributed by atoms with Gasteiger partial charge in [-0.2, -0.15) is 0 Å². The van der Waals surface area contributed by atoms with Crippen LogP contribution in [-0.2, 0) is 11.2 Å². The van der Waals surface area contributed by atoms with E-state index in [-0.39, 0.29) is 5.91 Å². The standard InChI is InChI=1S/C15H22N2O/c1-17(14-10-11-16-12-14)15(18)9-5-8-13-6-3-2-4-7-13/h2-4,6-7,14,16H,5,8-12H2,1H3. The number of hydrogen-bond donors (Lipinski definition) is 1. The zero-order valence-electron chi connectivity index (χ0n) is 11.1. The van der Waals surface area contributed by atoms with E-state index in [1.54, 1.807) is 0 Å². The molecule has 1 unspecified atom stereocenters. The number of carbonyl (C=O) groups excluding carboxylic acids is 1. The number of nitrogens with zero attached hydrogens (tertiary/aromatic N) is 1. The summed E-state index contributed by atoms with van der Waals surface area (Å²) in [5.74, 6) is 0.277. The second-order valence-corrected chi connectivity index (χ2v) is 4.99. The number of likely N-dealkylation sites (N-methyl/N-ethyl adjacent to an activating group) is 1. The van der Waals surface area contributed by atoms with Crippen molar-refractivity contribution in [3.05, 3.63) is 35.9 Å². The molecule has 1 aromatic carbocycles. The van der Waals surface area contributed by atoms with Crippen molar-refractivity contribution in [2.24, 2.45) is 0 Å². The monoisotopic (exact) mass is 246 g/mol. The van der Waals surface area contributed by atoms with Gasteiger partial charge in [0.1, 0.15) is 0 Å². The third kappa shape index (κ3) is 3.57. The fourth-order valence-corrected chi connectivity index (χ4v) is 2.44. The third-order valence-corrected chi connectivity index (χ3v) is 3.67. The van der Waals surface area contributed by atoms with E-state index in [0.29, 0.717) is 12.5 Å².